The Kier molecular flexibility index (Phi) is 5.21. The van der Waals surface area contributed by atoms with Gasteiger partial charge >= 0.3 is 0 Å². The lowest BCUT2D eigenvalue weighted by atomic mass is 10.1. The second-order valence-corrected chi connectivity index (χ2v) is 5.59. The molecule has 0 aliphatic carbocycles. The highest BCUT2D eigenvalue weighted by atomic mass is 35.5. The Morgan fingerprint density at radius 3 is 2.85 bits per heavy atom. The lowest BCUT2D eigenvalue weighted by Crippen LogP contribution is -2.19. The molecule has 0 amide bonds. The quantitative estimate of drug-likeness (QED) is 0.867. The lowest BCUT2D eigenvalue weighted by molar-refractivity contribution is 0.461. The van der Waals surface area contributed by atoms with Crippen LogP contribution < -0.4 is 5.73 Å². The van der Waals surface area contributed by atoms with Crippen molar-refractivity contribution < 1.29 is 0 Å². The van der Waals surface area contributed by atoms with Crippen molar-refractivity contribution in [2.24, 2.45) is 5.73 Å². The SMILES string of the molecule is CCCCC(CN)n1cncc1-c1ccc(C)c(Cl)c1. The van der Waals surface area contributed by atoms with Crippen molar-refractivity contribution in [2.45, 2.75) is 39.2 Å². The molecule has 20 heavy (non-hydrogen) atoms. The van der Waals surface area contributed by atoms with E-state index in [0.717, 1.165) is 28.3 Å². The van der Waals surface area contributed by atoms with Crippen LogP contribution in [0.3, 0.4) is 0 Å². The molecule has 1 aromatic carbocycles. The van der Waals surface area contributed by atoms with Gasteiger partial charge in [-0.15, -0.1) is 0 Å². The first-order chi connectivity index (χ1) is 9.67. The monoisotopic (exact) mass is 291 g/mol. The lowest BCUT2D eigenvalue weighted by Gasteiger charge is -2.19. The summed E-state index contributed by atoms with van der Waals surface area (Å²) in [5.74, 6) is 0. The Balaban J connectivity index is 2.33. The smallest absolute Gasteiger partial charge is 0.0954 e. The molecule has 0 aliphatic rings. The van der Waals surface area contributed by atoms with E-state index in [1.54, 1.807) is 0 Å². The summed E-state index contributed by atoms with van der Waals surface area (Å²) < 4.78 is 2.18. The van der Waals surface area contributed by atoms with E-state index in [2.05, 4.69) is 22.5 Å². The van der Waals surface area contributed by atoms with Crippen LogP contribution in [0.5, 0.6) is 0 Å². The molecule has 4 heteroatoms. The van der Waals surface area contributed by atoms with E-state index in [9.17, 15) is 0 Å². The number of nitrogens with two attached hydrogens (primary N) is 1. The molecule has 1 aromatic heterocycles. The van der Waals surface area contributed by atoms with Gasteiger partial charge in [-0.2, -0.15) is 0 Å². The Morgan fingerprint density at radius 2 is 2.20 bits per heavy atom. The van der Waals surface area contributed by atoms with Gasteiger partial charge < -0.3 is 10.3 Å². The van der Waals surface area contributed by atoms with Gasteiger partial charge in [-0.25, -0.2) is 4.98 Å². The number of aryl methyl sites for hydroxylation is 1. The maximum absolute atomic E-state index is 6.23. The zero-order valence-electron chi connectivity index (χ0n) is 12.1. The van der Waals surface area contributed by atoms with Crippen LogP contribution in [0.25, 0.3) is 11.3 Å². The van der Waals surface area contributed by atoms with E-state index in [4.69, 9.17) is 17.3 Å². The minimum atomic E-state index is 0.299. The van der Waals surface area contributed by atoms with E-state index in [-0.39, 0.29) is 0 Å². The highest BCUT2D eigenvalue weighted by Crippen LogP contribution is 2.28. The van der Waals surface area contributed by atoms with Crippen molar-refractivity contribution in [3.63, 3.8) is 0 Å². The van der Waals surface area contributed by atoms with Crippen LogP contribution in [0.4, 0.5) is 0 Å². The topological polar surface area (TPSA) is 43.8 Å². The molecule has 0 saturated carbocycles. The molecule has 0 saturated heterocycles. The molecule has 3 nitrogen and oxygen atoms in total. The van der Waals surface area contributed by atoms with Crippen LogP contribution in [0.2, 0.25) is 5.02 Å². The average Bonchev–Trinajstić information content (AvgIpc) is 2.92. The molecule has 1 unspecified atom stereocenters. The van der Waals surface area contributed by atoms with E-state index in [1.165, 1.54) is 12.8 Å². The third kappa shape index (κ3) is 3.22. The van der Waals surface area contributed by atoms with Gasteiger partial charge in [-0.1, -0.05) is 43.5 Å². The number of halogens is 1. The van der Waals surface area contributed by atoms with E-state index < -0.39 is 0 Å². The van der Waals surface area contributed by atoms with Crippen LogP contribution in [-0.2, 0) is 0 Å². The molecule has 1 atom stereocenters. The van der Waals surface area contributed by atoms with Gasteiger partial charge in [0.15, 0.2) is 0 Å². The molecular formula is C16H22ClN3. The third-order valence-electron chi connectivity index (χ3n) is 3.69. The summed E-state index contributed by atoms with van der Waals surface area (Å²) in [6, 6.07) is 6.42. The van der Waals surface area contributed by atoms with E-state index in [0.29, 0.717) is 12.6 Å². The Bertz CT molecular complexity index is 563. The largest absolute Gasteiger partial charge is 0.328 e. The van der Waals surface area contributed by atoms with Gasteiger partial charge in [-0.05, 0) is 25.0 Å². The van der Waals surface area contributed by atoms with Crippen molar-refractivity contribution in [1.29, 1.82) is 0 Å². The highest BCUT2D eigenvalue weighted by molar-refractivity contribution is 6.31. The van der Waals surface area contributed by atoms with Crippen molar-refractivity contribution in [3.8, 4) is 11.3 Å². The van der Waals surface area contributed by atoms with Crippen LogP contribution in [0.1, 0.15) is 37.8 Å². The summed E-state index contributed by atoms with van der Waals surface area (Å²) in [7, 11) is 0. The van der Waals surface area contributed by atoms with Crippen LogP contribution >= 0.6 is 11.6 Å². The first-order valence-corrected chi connectivity index (χ1v) is 7.53. The number of hydrogen-bond acceptors (Lipinski definition) is 2. The minimum absolute atomic E-state index is 0.299. The van der Waals surface area contributed by atoms with Crippen molar-refractivity contribution in [1.82, 2.24) is 9.55 Å². The maximum Gasteiger partial charge on any atom is 0.0954 e. The van der Waals surface area contributed by atoms with E-state index in [1.807, 2.05) is 31.6 Å². The number of benzene rings is 1. The van der Waals surface area contributed by atoms with Gasteiger partial charge in [0.25, 0.3) is 0 Å². The number of aromatic nitrogens is 2. The predicted octanol–water partition coefficient (Wildman–Crippen LogP) is 4.20. The second kappa shape index (κ2) is 6.91. The Labute approximate surface area is 125 Å². The molecule has 1 heterocycles. The second-order valence-electron chi connectivity index (χ2n) is 5.18. The number of unbranched alkanes of at least 4 members (excludes halogenated alkanes) is 1. The Morgan fingerprint density at radius 1 is 1.40 bits per heavy atom. The fourth-order valence-corrected chi connectivity index (χ4v) is 2.56. The first kappa shape index (κ1) is 15.1. The van der Waals surface area contributed by atoms with Crippen LogP contribution in [-0.4, -0.2) is 16.1 Å². The van der Waals surface area contributed by atoms with Crippen LogP contribution in [0.15, 0.2) is 30.7 Å². The van der Waals surface area contributed by atoms with E-state index >= 15 is 0 Å². The fraction of sp³-hybridized carbons (Fsp3) is 0.438. The summed E-state index contributed by atoms with van der Waals surface area (Å²) in [4.78, 5) is 4.29. The summed E-state index contributed by atoms with van der Waals surface area (Å²) >= 11 is 6.23. The summed E-state index contributed by atoms with van der Waals surface area (Å²) in [6.07, 6.45) is 7.19. The standard InChI is InChI=1S/C16H22ClN3/c1-3-4-5-14(9-18)20-11-19-10-16(20)13-7-6-12(2)15(17)8-13/h6-8,10-11,14H,3-5,9,18H2,1-2H3. The normalized spacial score (nSPS) is 12.6. The number of hydrogen-bond donors (Lipinski definition) is 1. The predicted molar refractivity (Wildman–Crippen MR) is 85.0 cm³/mol. The molecule has 2 N–H and O–H groups in total. The summed E-state index contributed by atoms with van der Waals surface area (Å²) in [5, 5.41) is 0.785. The molecule has 2 rings (SSSR count). The number of nitrogens with zero attached hydrogens (tertiary/aromatic N) is 2. The minimum Gasteiger partial charge on any atom is -0.328 e. The average molecular weight is 292 g/mol. The molecule has 0 fully saturated rings. The maximum atomic E-state index is 6.23. The summed E-state index contributed by atoms with van der Waals surface area (Å²) in [6.45, 7) is 4.83. The number of rotatable bonds is 6. The van der Waals surface area contributed by atoms with Gasteiger partial charge in [0.2, 0.25) is 0 Å². The van der Waals surface area contributed by atoms with Crippen molar-refractivity contribution >= 4 is 11.6 Å². The zero-order valence-corrected chi connectivity index (χ0v) is 12.9. The first-order valence-electron chi connectivity index (χ1n) is 7.15. The van der Waals surface area contributed by atoms with Crippen molar-refractivity contribution in [2.75, 3.05) is 6.54 Å². The van der Waals surface area contributed by atoms with Crippen LogP contribution in [0, 0.1) is 6.92 Å². The summed E-state index contributed by atoms with van der Waals surface area (Å²) in [5.41, 5.74) is 9.19. The zero-order chi connectivity index (χ0) is 14.5. The molecule has 108 valence electrons. The molecule has 0 bridgehead atoms. The van der Waals surface area contributed by atoms with Gasteiger partial charge in [-0.3, -0.25) is 0 Å². The number of imidazole rings is 1. The van der Waals surface area contributed by atoms with Gasteiger partial charge in [0.05, 0.1) is 18.2 Å². The van der Waals surface area contributed by atoms with Crippen molar-refractivity contribution in [3.05, 3.63) is 41.3 Å². The fourth-order valence-electron chi connectivity index (χ4n) is 2.38. The molecule has 2 aromatic rings. The van der Waals surface area contributed by atoms with Gasteiger partial charge in [0, 0.05) is 23.2 Å². The third-order valence-corrected chi connectivity index (χ3v) is 4.10. The Hall–Kier alpha value is -1.32. The molecule has 0 aliphatic heterocycles. The molecule has 0 radical (unpaired) electrons. The highest BCUT2D eigenvalue weighted by Gasteiger charge is 2.14. The molecular weight excluding hydrogens is 270 g/mol. The van der Waals surface area contributed by atoms with Gasteiger partial charge in [0.1, 0.15) is 0 Å². The molecule has 0 spiro atoms.